The zero-order valence-electron chi connectivity index (χ0n) is 19.1. The summed E-state index contributed by atoms with van der Waals surface area (Å²) in [5.74, 6) is 0.0880. The molecule has 178 valence electrons. The number of carbonyl (C=O) groups is 1. The van der Waals surface area contributed by atoms with Crippen LogP contribution in [0.3, 0.4) is 0 Å². The van der Waals surface area contributed by atoms with Crippen LogP contribution in [0.5, 0.6) is 11.5 Å². The minimum atomic E-state index is -3.28. The Balaban J connectivity index is 1.49. The van der Waals surface area contributed by atoms with Crippen molar-refractivity contribution in [3.63, 3.8) is 0 Å². The van der Waals surface area contributed by atoms with Crippen molar-refractivity contribution in [3.8, 4) is 11.5 Å². The molecule has 0 heterocycles. The summed E-state index contributed by atoms with van der Waals surface area (Å²) in [6, 6.07) is 19.8. The average Bonchev–Trinajstić information content (AvgIpc) is 3.18. The van der Waals surface area contributed by atoms with Crippen LogP contribution < -0.4 is 14.8 Å². The van der Waals surface area contributed by atoms with Gasteiger partial charge in [0.2, 0.25) is 0 Å². The number of sulfone groups is 1. The van der Waals surface area contributed by atoms with E-state index in [2.05, 4.69) is 5.32 Å². The van der Waals surface area contributed by atoms with Gasteiger partial charge in [-0.15, -0.1) is 0 Å². The number of aliphatic carboxylic acids is 1. The first-order chi connectivity index (χ1) is 16.2. The van der Waals surface area contributed by atoms with Crippen molar-refractivity contribution in [3.05, 3.63) is 83.4 Å². The summed E-state index contributed by atoms with van der Waals surface area (Å²) < 4.78 is 35.0. The van der Waals surface area contributed by atoms with E-state index >= 15 is 0 Å². The highest BCUT2D eigenvalue weighted by Crippen LogP contribution is 2.36. The van der Waals surface area contributed by atoms with Crippen LogP contribution in [0, 0.1) is 0 Å². The Labute approximate surface area is 199 Å². The first kappa shape index (κ1) is 23.6. The first-order valence-corrected chi connectivity index (χ1v) is 12.8. The van der Waals surface area contributed by atoms with Gasteiger partial charge >= 0.3 is 5.97 Å². The molecule has 0 aliphatic heterocycles. The lowest BCUT2D eigenvalue weighted by Crippen LogP contribution is -2.47. The van der Waals surface area contributed by atoms with Gasteiger partial charge < -0.3 is 19.9 Å². The van der Waals surface area contributed by atoms with E-state index in [0.717, 1.165) is 16.7 Å². The molecular formula is C26H27NO6S. The molecule has 0 bridgehead atoms. The number of rotatable bonds is 9. The number of fused-ring (bicyclic) bond motifs is 1. The van der Waals surface area contributed by atoms with E-state index in [-0.39, 0.29) is 4.90 Å². The molecule has 0 fully saturated rings. The predicted octanol–water partition coefficient (Wildman–Crippen LogP) is 3.75. The van der Waals surface area contributed by atoms with Crippen molar-refractivity contribution in [2.75, 3.05) is 25.3 Å². The largest absolute Gasteiger partial charge is 0.493 e. The second-order valence-electron chi connectivity index (χ2n) is 8.52. The standard InChI is InChI=1S/C26H27NO6S/c1-32-23-11-10-21(27-26(25(28)29)16-19-7-3-4-8-20(19)17-26)15-24(23)33-13-12-18-6-5-9-22(14-18)34(2,30)31/h3-11,14-15,27H,12-13,16-17H2,1-2H3,(H,28,29). The van der Waals surface area contributed by atoms with E-state index in [1.54, 1.807) is 36.4 Å². The Morgan fingerprint density at radius 1 is 1.00 bits per heavy atom. The van der Waals surface area contributed by atoms with Gasteiger partial charge in [0, 0.05) is 37.3 Å². The number of carboxylic acid groups (broad SMARTS) is 1. The maximum Gasteiger partial charge on any atom is 0.330 e. The van der Waals surface area contributed by atoms with Gasteiger partial charge in [-0.2, -0.15) is 0 Å². The Bertz CT molecular complexity index is 1290. The smallest absolute Gasteiger partial charge is 0.330 e. The van der Waals surface area contributed by atoms with Gasteiger partial charge in [0.05, 0.1) is 18.6 Å². The lowest BCUT2D eigenvalue weighted by molar-refractivity contribution is -0.142. The molecule has 0 radical (unpaired) electrons. The molecule has 0 amide bonds. The molecule has 1 aliphatic rings. The highest BCUT2D eigenvalue weighted by Gasteiger charge is 2.44. The highest BCUT2D eigenvalue weighted by atomic mass is 32.2. The average molecular weight is 482 g/mol. The maximum absolute atomic E-state index is 12.3. The summed E-state index contributed by atoms with van der Waals surface area (Å²) in [6.45, 7) is 0.294. The SMILES string of the molecule is COc1ccc(NC2(C(=O)O)Cc3ccccc3C2)cc1OCCc1cccc(S(C)(=O)=O)c1. The van der Waals surface area contributed by atoms with Gasteiger partial charge in [0.1, 0.15) is 5.54 Å². The quantitative estimate of drug-likeness (QED) is 0.480. The molecule has 0 atom stereocenters. The fraction of sp³-hybridized carbons (Fsp3) is 0.269. The third-order valence-electron chi connectivity index (χ3n) is 6.03. The molecule has 34 heavy (non-hydrogen) atoms. The van der Waals surface area contributed by atoms with Crippen molar-refractivity contribution >= 4 is 21.5 Å². The zero-order valence-corrected chi connectivity index (χ0v) is 19.9. The molecule has 1 aliphatic carbocycles. The zero-order chi connectivity index (χ0) is 24.3. The molecule has 0 spiro atoms. The second-order valence-corrected chi connectivity index (χ2v) is 10.5. The third-order valence-corrected chi connectivity index (χ3v) is 7.14. The van der Waals surface area contributed by atoms with Crippen LogP contribution in [-0.4, -0.2) is 45.0 Å². The summed E-state index contributed by atoms with van der Waals surface area (Å²) in [5.41, 5.74) is 2.37. The first-order valence-electron chi connectivity index (χ1n) is 10.9. The molecule has 0 aromatic heterocycles. The molecule has 2 N–H and O–H groups in total. The Kier molecular flexibility index (Phi) is 6.52. The normalized spacial score (nSPS) is 14.3. The van der Waals surface area contributed by atoms with Crippen LogP contribution >= 0.6 is 0 Å². The van der Waals surface area contributed by atoms with E-state index in [1.807, 2.05) is 30.3 Å². The number of hydrogen-bond acceptors (Lipinski definition) is 6. The molecule has 3 aromatic carbocycles. The highest BCUT2D eigenvalue weighted by molar-refractivity contribution is 7.90. The van der Waals surface area contributed by atoms with Crippen LogP contribution in [0.25, 0.3) is 0 Å². The van der Waals surface area contributed by atoms with Gasteiger partial charge in [-0.1, -0.05) is 36.4 Å². The molecule has 0 saturated carbocycles. The minimum absolute atomic E-state index is 0.269. The minimum Gasteiger partial charge on any atom is -0.493 e. The molecule has 4 rings (SSSR count). The Morgan fingerprint density at radius 2 is 1.71 bits per heavy atom. The number of hydrogen-bond donors (Lipinski definition) is 2. The molecule has 0 unspecified atom stereocenters. The maximum atomic E-state index is 12.3. The van der Waals surface area contributed by atoms with Crippen molar-refractivity contribution in [1.29, 1.82) is 0 Å². The van der Waals surface area contributed by atoms with E-state index in [1.165, 1.54) is 13.4 Å². The van der Waals surface area contributed by atoms with Gasteiger partial charge in [-0.05, 0) is 41.0 Å². The molecule has 0 saturated heterocycles. The fourth-order valence-electron chi connectivity index (χ4n) is 4.26. The van der Waals surface area contributed by atoms with E-state index in [9.17, 15) is 18.3 Å². The molecule has 8 heteroatoms. The number of ether oxygens (including phenoxy) is 2. The van der Waals surface area contributed by atoms with Crippen LogP contribution in [0.2, 0.25) is 0 Å². The van der Waals surface area contributed by atoms with Crippen LogP contribution in [0.1, 0.15) is 16.7 Å². The topological polar surface area (TPSA) is 102 Å². The number of nitrogens with one attached hydrogen (secondary N) is 1. The van der Waals surface area contributed by atoms with Crippen LogP contribution in [0.4, 0.5) is 5.69 Å². The van der Waals surface area contributed by atoms with Crippen LogP contribution in [-0.2, 0) is 33.9 Å². The van der Waals surface area contributed by atoms with Crippen molar-refractivity contribution in [1.82, 2.24) is 0 Å². The van der Waals surface area contributed by atoms with Gasteiger partial charge in [-0.3, -0.25) is 0 Å². The molecule has 7 nitrogen and oxygen atoms in total. The monoisotopic (exact) mass is 481 g/mol. The van der Waals surface area contributed by atoms with Crippen molar-refractivity contribution in [2.45, 2.75) is 29.7 Å². The predicted molar refractivity (Wildman–Crippen MR) is 130 cm³/mol. The Hall–Kier alpha value is -3.52. The van der Waals surface area contributed by atoms with Gasteiger partial charge in [0.25, 0.3) is 0 Å². The lowest BCUT2D eigenvalue weighted by Gasteiger charge is -2.27. The summed E-state index contributed by atoms with van der Waals surface area (Å²) in [6.07, 6.45) is 2.45. The van der Waals surface area contributed by atoms with Gasteiger partial charge in [-0.25, -0.2) is 13.2 Å². The summed E-state index contributed by atoms with van der Waals surface area (Å²) in [4.78, 5) is 12.5. The van der Waals surface area contributed by atoms with Crippen molar-refractivity contribution < 1.29 is 27.8 Å². The number of carboxylic acids is 1. The van der Waals surface area contributed by atoms with Crippen LogP contribution in [0.15, 0.2) is 71.6 Å². The van der Waals surface area contributed by atoms with E-state index < -0.39 is 21.3 Å². The van der Waals surface area contributed by atoms with Crippen molar-refractivity contribution in [2.24, 2.45) is 0 Å². The lowest BCUT2D eigenvalue weighted by atomic mass is 9.95. The summed E-state index contributed by atoms with van der Waals surface area (Å²) in [7, 11) is -1.74. The summed E-state index contributed by atoms with van der Waals surface area (Å²) >= 11 is 0. The fourth-order valence-corrected chi connectivity index (χ4v) is 4.95. The number of benzene rings is 3. The molecular weight excluding hydrogens is 454 g/mol. The van der Waals surface area contributed by atoms with E-state index in [4.69, 9.17) is 9.47 Å². The summed E-state index contributed by atoms with van der Waals surface area (Å²) in [5, 5.41) is 13.3. The Morgan fingerprint density at radius 3 is 2.32 bits per heavy atom. The third kappa shape index (κ3) is 5.02. The number of methoxy groups -OCH3 is 1. The molecule has 3 aromatic rings. The number of anilines is 1. The second kappa shape index (κ2) is 9.38. The van der Waals surface area contributed by atoms with Gasteiger partial charge in [0.15, 0.2) is 21.3 Å². The van der Waals surface area contributed by atoms with E-state index in [0.29, 0.717) is 43.1 Å².